The SMILES string of the molecule is CCCCCCCCCCC[C@]1(COCOC)CC[C@@H](C=O)O1. The summed E-state index contributed by atoms with van der Waals surface area (Å²) in [6.45, 7) is 3.07. The number of carbonyl (C=O) groups is 1. The average Bonchev–Trinajstić information content (AvgIpc) is 2.97. The van der Waals surface area contributed by atoms with Gasteiger partial charge in [-0.1, -0.05) is 64.7 Å². The quantitative estimate of drug-likeness (QED) is 0.249. The Kier molecular flexibility index (Phi) is 11.6. The molecule has 0 saturated carbocycles. The summed E-state index contributed by atoms with van der Waals surface area (Å²) >= 11 is 0. The molecule has 4 heteroatoms. The van der Waals surface area contributed by atoms with Gasteiger partial charge >= 0.3 is 0 Å². The third-order valence-electron chi connectivity index (χ3n) is 4.74. The smallest absolute Gasteiger partial charge is 0.148 e. The van der Waals surface area contributed by atoms with Gasteiger partial charge in [0.05, 0.1) is 12.2 Å². The van der Waals surface area contributed by atoms with E-state index < -0.39 is 0 Å². The van der Waals surface area contributed by atoms with Crippen LogP contribution in [0.4, 0.5) is 0 Å². The second-order valence-electron chi connectivity index (χ2n) is 6.85. The monoisotopic (exact) mass is 328 g/mol. The first-order valence-corrected chi connectivity index (χ1v) is 9.46. The van der Waals surface area contributed by atoms with E-state index in [4.69, 9.17) is 14.2 Å². The van der Waals surface area contributed by atoms with Crippen molar-refractivity contribution in [1.29, 1.82) is 0 Å². The summed E-state index contributed by atoms with van der Waals surface area (Å²) in [5, 5.41) is 0. The van der Waals surface area contributed by atoms with Crippen LogP contribution in [0.15, 0.2) is 0 Å². The van der Waals surface area contributed by atoms with E-state index in [-0.39, 0.29) is 18.5 Å². The predicted octanol–water partition coefficient (Wildman–Crippen LogP) is 4.64. The minimum Gasteiger partial charge on any atom is -0.362 e. The predicted molar refractivity (Wildman–Crippen MR) is 92.6 cm³/mol. The molecule has 1 heterocycles. The van der Waals surface area contributed by atoms with E-state index in [1.807, 2.05) is 0 Å². The molecular formula is C19H36O4. The Morgan fingerprint density at radius 3 is 2.30 bits per heavy atom. The Bertz CT molecular complexity index is 295. The van der Waals surface area contributed by atoms with Crippen LogP contribution in [0.25, 0.3) is 0 Å². The fourth-order valence-electron chi connectivity index (χ4n) is 3.37. The van der Waals surface area contributed by atoms with Gasteiger partial charge in [0.2, 0.25) is 0 Å². The summed E-state index contributed by atoms with van der Waals surface area (Å²) in [7, 11) is 1.62. The minimum atomic E-state index is -0.273. The van der Waals surface area contributed by atoms with Crippen LogP contribution in [0.1, 0.15) is 84.0 Å². The number of aldehydes is 1. The van der Waals surface area contributed by atoms with Crippen LogP contribution >= 0.6 is 0 Å². The Morgan fingerprint density at radius 2 is 1.74 bits per heavy atom. The van der Waals surface area contributed by atoms with Crippen LogP contribution in [0.3, 0.4) is 0 Å². The molecule has 1 fully saturated rings. The summed E-state index contributed by atoms with van der Waals surface area (Å²) in [5.41, 5.74) is -0.273. The average molecular weight is 328 g/mol. The van der Waals surface area contributed by atoms with Crippen LogP contribution in [-0.2, 0) is 19.0 Å². The molecule has 0 aromatic carbocycles. The number of unbranched alkanes of at least 4 members (excludes halogenated alkanes) is 8. The zero-order valence-corrected chi connectivity index (χ0v) is 15.2. The number of rotatable bonds is 15. The van der Waals surface area contributed by atoms with E-state index in [0.29, 0.717) is 6.61 Å². The van der Waals surface area contributed by atoms with Crippen LogP contribution in [-0.4, -0.2) is 38.5 Å². The highest BCUT2D eigenvalue weighted by atomic mass is 16.7. The minimum absolute atomic E-state index is 0.250. The molecule has 0 aliphatic carbocycles. The third-order valence-corrected chi connectivity index (χ3v) is 4.74. The molecule has 0 spiro atoms. The van der Waals surface area contributed by atoms with Crippen molar-refractivity contribution in [2.24, 2.45) is 0 Å². The number of ether oxygens (including phenoxy) is 3. The van der Waals surface area contributed by atoms with Gasteiger partial charge in [-0.05, 0) is 19.3 Å². The second kappa shape index (κ2) is 12.9. The fourth-order valence-corrected chi connectivity index (χ4v) is 3.37. The molecule has 136 valence electrons. The molecule has 4 nitrogen and oxygen atoms in total. The molecule has 0 aromatic heterocycles. The second-order valence-corrected chi connectivity index (χ2v) is 6.85. The summed E-state index contributed by atoms with van der Waals surface area (Å²) < 4.78 is 16.5. The molecule has 0 bridgehead atoms. The molecule has 1 saturated heterocycles. The lowest BCUT2D eigenvalue weighted by molar-refractivity contribution is -0.140. The maximum absolute atomic E-state index is 11.0. The van der Waals surface area contributed by atoms with E-state index in [0.717, 1.165) is 32.0 Å². The Hall–Kier alpha value is -0.450. The third kappa shape index (κ3) is 8.83. The highest BCUT2D eigenvalue weighted by Gasteiger charge is 2.39. The van der Waals surface area contributed by atoms with Gasteiger partial charge in [-0.25, -0.2) is 0 Å². The maximum Gasteiger partial charge on any atom is 0.148 e. The molecule has 0 unspecified atom stereocenters. The van der Waals surface area contributed by atoms with Crippen molar-refractivity contribution >= 4 is 6.29 Å². The van der Waals surface area contributed by atoms with Gasteiger partial charge < -0.3 is 19.0 Å². The van der Waals surface area contributed by atoms with Gasteiger partial charge in [-0.3, -0.25) is 0 Å². The van der Waals surface area contributed by atoms with E-state index in [1.54, 1.807) is 7.11 Å². The van der Waals surface area contributed by atoms with Crippen LogP contribution < -0.4 is 0 Å². The van der Waals surface area contributed by atoms with Crippen LogP contribution in [0, 0.1) is 0 Å². The Balaban J connectivity index is 2.15. The lowest BCUT2D eigenvalue weighted by Crippen LogP contribution is -2.35. The molecule has 2 atom stereocenters. The van der Waals surface area contributed by atoms with Crippen molar-refractivity contribution in [1.82, 2.24) is 0 Å². The molecule has 23 heavy (non-hydrogen) atoms. The first-order valence-electron chi connectivity index (χ1n) is 9.46. The lowest BCUT2D eigenvalue weighted by atomic mass is 9.93. The summed E-state index contributed by atoms with van der Waals surface area (Å²) in [6.07, 6.45) is 15.3. The summed E-state index contributed by atoms with van der Waals surface area (Å²) in [4.78, 5) is 11.0. The zero-order chi connectivity index (χ0) is 16.8. The molecule has 1 rings (SSSR count). The fraction of sp³-hybridized carbons (Fsp3) is 0.947. The van der Waals surface area contributed by atoms with Gasteiger partial charge in [-0.2, -0.15) is 0 Å². The van der Waals surface area contributed by atoms with Crippen molar-refractivity contribution in [2.45, 2.75) is 95.7 Å². The maximum atomic E-state index is 11.0. The topological polar surface area (TPSA) is 44.8 Å². The number of hydrogen-bond donors (Lipinski definition) is 0. The van der Waals surface area contributed by atoms with Crippen molar-refractivity contribution in [3.63, 3.8) is 0 Å². The Labute approximate surface area is 142 Å². The number of hydrogen-bond acceptors (Lipinski definition) is 4. The van der Waals surface area contributed by atoms with E-state index in [1.165, 1.54) is 51.4 Å². The van der Waals surface area contributed by atoms with Gasteiger partial charge in [-0.15, -0.1) is 0 Å². The van der Waals surface area contributed by atoms with Crippen molar-refractivity contribution in [3.05, 3.63) is 0 Å². The molecule has 0 radical (unpaired) electrons. The lowest BCUT2D eigenvalue weighted by Gasteiger charge is -2.28. The van der Waals surface area contributed by atoms with E-state index in [9.17, 15) is 4.79 Å². The number of carbonyl (C=O) groups excluding carboxylic acids is 1. The Morgan fingerprint density at radius 1 is 1.09 bits per heavy atom. The largest absolute Gasteiger partial charge is 0.362 e. The summed E-state index contributed by atoms with van der Waals surface area (Å²) in [5.74, 6) is 0. The zero-order valence-electron chi connectivity index (χ0n) is 15.2. The van der Waals surface area contributed by atoms with Crippen LogP contribution in [0.2, 0.25) is 0 Å². The molecule has 1 aliphatic rings. The van der Waals surface area contributed by atoms with Crippen molar-refractivity contribution in [3.8, 4) is 0 Å². The van der Waals surface area contributed by atoms with E-state index in [2.05, 4.69) is 6.92 Å². The molecule has 0 amide bonds. The van der Waals surface area contributed by atoms with Gasteiger partial charge in [0.15, 0.2) is 0 Å². The molecule has 0 aromatic rings. The first-order chi connectivity index (χ1) is 11.3. The van der Waals surface area contributed by atoms with Crippen molar-refractivity contribution in [2.75, 3.05) is 20.5 Å². The van der Waals surface area contributed by atoms with Crippen LogP contribution in [0.5, 0.6) is 0 Å². The molecular weight excluding hydrogens is 292 g/mol. The first kappa shape index (κ1) is 20.6. The van der Waals surface area contributed by atoms with Gasteiger partial charge in [0.25, 0.3) is 0 Å². The molecule has 1 aliphatic heterocycles. The highest BCUT2D eigenvalue weighted by Crippen LogP contribution is 2.34. The van der Waals surface area contributed by atoms with Gasteiger partial charge in [0, 0.05) is 7.11 Å². The molecule has 0 N–H and O–H groups in total. The summed E-state index contributed by atoms with van der Waals surface area (Å²) in [6, 6.07) is 0. The number of methoxy groups -OCH3 is 1. The van der Waals surface area contributed by atoms with Crippen molar-refractivity contribution < 1.29 is 19.0 Å². The standard InChI is InChI=1S/C19H36O4/c1-3-4-5-6-7-8-9-10-11-13-19(16-22-17-21-2)14-12-18(15-20)23-19/h15,18H,3-14,16-17H2,1-2H3/t18-,19+/m0/s1. The van der Waals surface area contributed by atoms with Gasteiger partial charge in [0.1, 0.15) is 19.2 Å². The highest BCUT2D eigenvalue weighted by molar-refractivity contribution is 5.56. The van der Waals surface area contributed by atoms with E-state index >= 15 is 0 Å². The normalized spacial score (nSPS) is 24.2.